The van der Waals surface area contributed by atoms with Gasteiger partial charge in [-0.05, 0) is 42.8 Å². The van der Waals surface area contributed by atoms with Gasteiger partial charge in [-0.25, -0.2) is 13.2 Å². The highest BCUT2D eigenvalue weighted by Gasteiger charge is 2.20. The van der Waals surface area contributed by atoms with Crippen LogP contribution in [0.2, 0.25) is 0 Å². The fourth-order valence-corrected chi connectivity index (χ4v) is 5.38. The fraction of sp³-hybridized carbons (Fsp3) is 0.267. The number of nitrogens with one attached hydrogen (secondary N) is 1. The smallest absolute Gasteiger partial charge is 0.404 e. The van der Waals surface area contributed by atoms with Gasteiger partial charge in [-0.2, -0.15) is 0 Å². The summed E-state index contributed by atoms with van der Waals surface area (Å²) in [6.45, 7) is 0.215. The van der Waals surface area contributed by atoms with E-state index in [4.69, 9.17) is 10.2 Å². The molecule has 1 aromatic heterocycles. The van der Waals surface area contributed by atoms with Crippen molar-refractivity contribution in [3.05, 3.63) is 41.3 Å². The van der Waals surface area contributed by atoms with E-state index in [1.165, 1.54) is 6.07 Å². The van der Waals surface area contributed by atoms with Gasteiger partial charge < -0.3 is 15.5 Å². The Balaban J connectivity index is 2.10. The summed E-state index contributed by atoms with van der Waals surface area (Å²) >= 11 is 2.61. The van der Waals surface area contributed by atoms with Crippen molar-refractivity contribution < 1.29 is 23.4 Å². The summed E-state index contributed by atoms with van der Waals surface area (Å²) in [5.74, 6) is 0.771. The summed E-state index contributed by atoms with van der Waals surface area (Å²) < 4.78 is 25.4. The number of rotatable bonds is 8. The molecule has 1 aromatic carbocycles. The lowest BCUT2D eigenvalue weighted by Crippen LogP contribution is -2.19. The van der Waals surface area contributed by atoms with Crippen LogP contribution in [0.3, 0.4) is 0 Å². The summed E-state index contributed by atoms with van der Waals surface area (Å²) in [5.41, 5.74) is 0. The van der Waals surface area contributed by atoms with Crippen LogP contribution >= 0.6 is 23.1 Å². The predicted octanol–water partition coefficient (Wildman–Crippen LogP) is 2.82. The molecule has 0 atom stereocenters. The van der Waals surface area contributed by atoms with Crippen LogP contribution in [0.25, 0.3) is 0 Å². The van der Waals surface area contributed by atoms with Crippen molar-refractivity contribution in [1.82, 2.24) is 5.32 Å². The number of amides is 1. The highest BCUT2D eigenvalue weighted by Crippen LogP contribution is 2.29. The van der Waals surface area contributed by atoms with Crippen LogP contribution in [0.4, 0.5) is 4.79 Å². The molecule has 0 unspecified atom stereocenters. The normalized spacial score (nSPS) is 11.4. The maximum absolute atomic E-state index is 12.6. The number of aliphatic hydroxyl groups is 1. The molecule has 2 aromatic rings. The molecular formula is C15H17NO5S3. The van der Waals surface area contributed by atoms with Gasteiger partial charge in [-0.15, -0.1) is 23.1 Å². The monoisotopic (exact) mass is 387 g/mol. The summed E-state index contributed by atoms with van der Waals surface area (Å²) in [6.07, 6.45) is -0.463. The van der Waals surface area contributed by atoms with E-state index in [0.29, 0.717) is 11.3 Å². The van der Waals surface area contributed by atoms with Gasteiger partial charge in [0.15, 0.2) is 0 Å². The van der Waals surface area contributed by atoms with Crippen LogP contribution in [0, 0.1) is 0 Å². The molecule has 0 radical (unpaired) electrons. The lowest BCUT2D eigenvalue weighted by atomic mass is 10.4. The van der Waals surface area contributed by atoms with E-state index in [1.807, 2.05) is 0 Å². The van der Waals surface area contributed by atoms with Gasteiger partial charge in [-0.3, -0.25) is 0 Å². The maximum atomic E-state index is 12.6. The van der Waals surface area contributed by atoms with Crippen molar-refractivity contribution in [2.24, 2.45) is 0 Å². The Morgan fingerprint density at radius 3 is 2.50 bits per heavy atom. The second-order valence-corrected chi connectivity index (χ2v) is 9.29. The zero-order chi connectivity index (χ0) is 17.6. The van der Waals surface area contributed by atoms with Crippen LogP contribution in [0.15, 0.2) is 50.4 Å². The molecule has 1 amide bonds. The molecule has 6 nitrogen and oxygen atoms in total. The molecule has 9 heteroatoms. The second-order valence-electron chi connectivity index (χ2n) is 4.78. The molecule has 0 bridgehead atoms. The first-order valence-electron chi connectivity index (χ1n) is 7.08. The minimum atomic E-state index is -3.60. The molecule has 0 saturated heterocycles. The van der Waals surface area contributed by atoms with E-state index in [1.54, 1.807) is 42.1 Å². The van der Waals surface area contributed by atoms with Crippen LogP contribution in [0.5, 0.6) is 0 Å². The van der Waals surface area contributed by atoms with Crippen molar-refractivity contribution in [2.75, 3.05) is 12.4 Å². The number of carbonyl (C=O) groups is 1. The summed E-state index contributed by atoms with van der Waals surface area (Å²) in [6, 6.07) is 9.71. The molecule has 3 N–H and O–H groups in total. The van der Waals surface area contributed by atoms with Gasteiger partial charge in [0.1, 0.15) is 4.21 Å². The largest absolute Gasteiger partial charge is 0.465 e. The molecule has 1 heterocycles. The summed E-state index contributed by atoms with van der Waals surface area (Å²) in [7, 11) is -3.60. The quantitative estimate of drug-likeness (QED) is 0.475. The average molecular weight is 388 g/mol. The topological polar surface area (TPSA) is 104 Å². The number of benzene rings is 1. The van der Waals surface area contributed by atoms with E-state index in [2.05, 4.69) is 5.32 Å². The highest BCUT2D eigenvalue weighted by molar-refractivity contribution is 7.99. The third kappa shape index (κ3) is 4.97. The van der Waals surface area contributed by atoms with E-state index >= 15 is 0 Å². The molecular weight excluding hydrogens is 370 g/mol. The Hall–Kier alpha value is -1.55. The van der Waals surface area contributed by atoms with Crippen LogP contribution in [-0.2, 0) is 16.4 Å². The second kappa shape index (κ2) is 8.52. The van der Waals surface area contributed by atoms with Gasteiger partial charge >= 0.3 is 6.09 Å². The van der Waals surface area contributed by atoms with Crippen molar-refractivity contribution in [3.63, 3.8) is 0 Å². The van der Waals surface area contributed by atoms with Crippen molar-refractivity contribution in [3.8, 4) is 0 Å². The molecule has 130 valence electrons. The molecule has 0 aliphatic rings. The molecule has 0 spiro atoms. The SMILES string of the molecule is O=C(O)NCc1ccc(S(=O)(=O)c2ccc(SCCCO)cc2)s1. The minimum absolute atomic E-state index is 0.0793. The van der Waals surface area contributed by atoms with E-state index in [-0.39, 0.29) is 22.3 Å². The third-order valence-corrected chi connectivity index (χ3v) is 7.47. The van der Waals surface area contributed by atoms with Gasteiger partial charge in [-0.1, -0.05) is 0 Å². The Morgan fingerprint density at radius 2 is 1.88 bits per heavy atom. The minimum Gasteiger partial charge on any atom is -0.465 e. The number of hydrogen-bond donors (Lipinski definition) is 3. The zero-order valence-corrected chi connectivity index (χ0v) is 15.1. The molecule has 0 aliphatic heterocycles. The average Bonchev–Trinajstić information content (AvgIpc) is 3.03. The standard InChI is InChI=1S/C15H17NO5S3/c17-8-1-9-22-11-2-5-13(6-3-11)24(20,21)14-7-4-12(23-14)10-16-15(18)19/h2-7,16-17H,1,8-10H2,(H,18,19). The number of carboxylic acid groups (broad SMARTS) is 1. The maximum Gasteiger partial charge on any atom is 0.404 e. The third-order valence-electron chi connectivity index (χ3n) is 3.02. The molecule has 2 rings (SSSR count). The van der Waals surface area contributed by atoms with Gasteiger partial charge in [0.2, 0.25) is 9.84 Å². The number of thiophene rings is 1. The Bertz CT molecular complexity index is 784. The van der Waals surface area contributed by atoms with E-state index < -0.39 is 15.9 Å². The van der Waals surface area contributed by atoms with Crippen LogP contribution in [0.1, 0.15) is 11.3 Å². The molecule has 0 fully saturated rings. The highest BCUT2D eigenvalue weighted by atomic mass is 32.2. The van der Waals surface area contributed by atoms with Crippen LogP contribution < -0.4 is 5.32 Å². The van der Waals surface area contributed by atoms with Crippen molar-refractivity contribution in [1.29, 1.82) is 0 Å². The Kier molecular flexibility index (Phi) is 6.67. The number of aliphatic hydroxyl groups excluding tert-OH is 1. The number of hydrogen-bond acceptors (Lipinski definition) is 6. The zero-order valence-electron chi connectivity index (χ0n) is 12.6. The lowest BCUT2D eigenvalue weighted by molar-refractivity contribution is 0.194. The predicted molar refractivity (Wildman–Crippen MR) is 93.5 cm³/mol. The van der Waals surface area contributed by atoms with Crippen LogP contribution in [-0.4, -0.2) is 37.1 Å². The van der Waals surface area contributed by atoms with Gasteiger partial charge in [0, 0.05) is 22.1 Å². The lowest BCUT2D eigenvalue weighted by Gasteiger charge is -2.04. The molecule has 0 saturated carbocycles. The Morgan fingerprint density at radius 1 is 1.17 bits per heavy atom. The van der Waals surface area contributed by atoms with E-state index in [9.17, 15) is 13.2 Å². The van der Waals surface area contributed by atoms with Gasteiger partial charge in [0.05, 0.1) is 11.4 Å². The Labute approximate surface area is 148 Å². The van der Waals surface area contributed by atoms with Crippen molar-refractivity contribution in [2.45, 2.75) is 27.0 Å². The first-order chi connectivity index (χ1) is 11.4. The summed E-state index contributed by atoms with van der Waals surface area (Å²) in [5, 5.41) is 19.6. The van der Waals surface area contributed by atoms with E-state index in [0.717, 1.165) is 22.0 Å². The first kappa shape index (κ1) is 18.8. The number of thioether (sulfide) groups is 1. The molecule has 24 heavy (non-hydrogen) atoms. The van der Waals surface area contributed by atoms with Crippen molar-refractivity contribution >= 4 is 39.0 Å². The summed E-state index contributed by atoms with van der Waals surface area (Å²) in [4.78, 5) is 12.3. The molecule has 0 aliphatic carbocycles. The number of sulfone groups is 1. The fourth-order valence-electron chi connectivity index (χ4n) is 1.85. The first-order valence-corrected chi connectivity index (χ1v) is 10.4. The van der Waals surface area contributed by atoms with Gasteiger partial charge in [0.25, 0.3) is 0 Å².